The van der Waals surface area contributed by atoms with Gasteiger partial charge in [0.25, 0.3) is 5.91 Å². The number of halogens is 2. The highest BCUT2D eigenvalue weighted by atomic mass is 35.5. The van der Waals surface area contributed by atoms with Crippen molar-refractivity contribution in [3.05, 3.63) is 99.8 Å². The minimum Gasteiger partial charge on any atom is -0.372 e. The molecule has 1 amide bonds. The normalized spacial score (nSPS) is 18.7. The maximum absolute atomic E-state index is 13.3. The quantitative estimate of drug-likeness (QED) is 0.722. The summed E-state index contributed by atoms with van der Waals surface area (Å²) in [6, 6.07) is 18.2. The van der Waals surface area contributed by atoms with Gasteiger partial charge in [0.05, 0.1) is 12.2 Å². The lowest BCUT2D eigenvalue weighted by atomic mass is 9.87. The number of aliphatic hydroxyl groups is 1. The Morgan fingerprint density at radius 2 is 1.70 bits per heavy atom. The Labute approximate surface area is 161 Å². The summed E-state index contributed by atoms with van der Waals surface area (Å²) in [6.07, 6.45) is 0. The molecule has 1 heterocycles. The van der Waals surface area contributed by atoms with Gasteiger partial charge in [-0.2, -0.15) is 0 Å². The highest BCUT2D eigenvalue weighted by molar-refractivity contribution is 6.31. The second-order valence-corrected chi connectivity index (χ2v) is 7.19. The summed E-state index contributed by atoms with van der Waals surface area (Å²) in [5.74, 6) is -0.789. The zero-order valence-corrected chi connectivity index (χ0v) is 15.4. The molecule has 1 atom stereocenters. The van der Waals surface area contributed by atoms with Gasteiger partial charge in [0.15, 0.2) is 5.60 Å². The second kappa shape index (κ2) is 6.48. The van der Waals surface area contributed by atoms with E-state index in [1.54, 1.807) is 42.5 Å². The zero-order chi connectivity index (χ0) is 19.2. The van der Waals surface area contributed by atoms with Crippen LogP contribution in [0.1, 0.15) is 22.3 Å². The molecule has 0 fully saturated rings. The molecule has 0 bridgehead atoms. The molecule has 0 spiro atoms. The van der Waals surface area contributed by atoms with Crippen LogP contribution in [-0.4, -0.2) is 11.0 Å². The molecular formula is C22H17ClFNO2. The van der Waals surface area contributed by atoms with Crippen molar-refractivity contribution in [2.75, 3.05) is 4.90 Å². The molecule has 27 heavy (non-hydrogen) atoms. The fourth-order valence-corrected chi connectivity index (χ4v) is 3.63. The van der Waals surface area contributed by atoms with E-state index in [-0.39, 0.29) is 12.4 Å². The monoisotopic (exact) mass is 381 g/mol. The number of nitrogens with zero attached hydrogens (tertiary/aromatic N) is 1. The summed E-state index contributed by atoms with van der Waals surface area (Å²) in [7, 11) is 0. The van der Waals surface area contributed by atoms with Crippen molar-refractivity contribution in [1.82, 2.24) is 0 Å². The molecule has 3 nitrogen and oxygen atoms in total. The topological polar surface area (TPSA) is 40.5 Å². The third-order valence-electron chi connectivity index (χ3n) is 4.92. The van der Waals surface area contributed by atoms with Crippen molar-refractivity contribution in [1.29, 1.82) is 0 Å². The number of aryl methyl sites for hydroxylation is 1. The summed E-state index contributed by atoms with van der Waals surface area (Å²) in [5.41, 5.74) is 1.51. The zero-order valence-electron chi connectivity index (χ0n) is 14.6. The fraction of sp³-hybridized carbons (Fsp3) is 0.136. The molecule has 3 aromatic carbocycles. The van der Waals surface area contributed by atoms with Crippen LogP contribution in [-0.2, 0) is 16.9 Å². The van der Waals surface area contributed by atoms with Gasteiger partial charge in [0.2, 0.25) is 0 Å². The largest absolute Gasteiger partial charge is 0.372 e. The summed E-state index contributed by atoms with van der Waals surface area (Å²) < 4.78 is 13.2. The summed E-state index contributed by atoms with van der Waals surface area (Å²) in [4.78, 5) is 14.8. The highest BCUT2D eigenvalue weighted by Gasteiger charge is 2.51. The van der Waals surface area contributed by atoms with Crippen molar-refractivity contribution < 1.29 is 14.3 Å². The number of amides is 1. The maximum atomic E-state index is 13.3. The van der Waals surface area contributed by atoms with E-state index in [1.165, 1.54) is 17.0 Å². The lowest BCUT2D eigenvalue weighted by molar-refractivity contribution is -0.132. The van der Waals surface area contributed by atoms with Crippen molar-refractivity contribution in [2.45, 2.75) is 19.1 Å². The van der Waals surface area contributed by atoms with Crippen LogP contribution in [0, 0.1) is 12.7 Å². The first-order valence-electron chi connectivity index (χ1n) is 8.55. The van der Waals surface area contributed by atoms with Crippen molar-refractivity contribution in [3.63, 3.8) is 0 Å². The van der Waals surface area contributed by atoms with E-state index in [0.717, 1.165) is 11.1 Å². The number of carbonyl (C=O) groups excluding carboxylic acids is 1. The van der Waals surface area contributed by atoms with E-state index in [9.17, 15) is 14.3 Å². The molecule has 1 aliphatic rings. The van der Waals surface area contributed by atoms with Crippen LogP contribution in [0.25, 0.3) is 0 Å². The Morgan fingerprint density at radius 1 is 1.04 bits per heavy atom. The van der Waals surface area contributed by atoms with E-state index in [4.69, 9.17) is 11.6 Å². The molecule has 0 saturated heterocycles. The van der Waals surface area contributed by atoms with Gasteiger partial charge in [-0.15, -0.1) is 0 Å². The molecule has 1 N–H and O–H groups in total. The van der Waals surface area contributed by atoms with E-state index >= 15 is 0 Å². The Balaban J connectivity index is 1.82. The smallest absolute Gasteiger partial charge is 0.268 e. The Bertz CT molecular complexity index is 1020. The van der Waals surface area contributed by atoms with Gasteiger partial charge in [-0.3, -0.25) is 4.79 Å². The van der Waals surface area contributed by atoms with E-state index in [0.29, 0.717) is 21.8 Å². The van der Waals surface area contributed by atoms with E-state index < -0.39 is 11.5 Å². The number of rotatable bonds is 3. The average Bonchev–Trinajstić information content (AvgIpc) is 2.86. The summed E-state index contributed by atoms with van der Waals surface area (Å²) >= 11 is 6.15. The van der Waals surface area contributed by atoms with Crippen LogP contribution >= 0.6 is 11.6 Å². The van der Waals surface area contributed by atoms with Gasteiger partial charge in [-0.05, 0) is 48.4 Å². The molecule has 5 heteroatoms. The van der Waals surface area contributed by atoms with Gasteiger partial charge in [-0.25, -0.2) is 4.39 Å². The molecule has 1 aliphatic heterocycles. The Kier molecular flexibility index (Phi) is 4.25. The van der Waals surface area contributed by atoms with Gasteiger partial charge in [0.1, 0.15) is 5.82 Å². The predicted octanol–water partition coefficient (Wildman–Crippen LogP) is 4.57. The van der Waals surface area contributed by atoms with Gasteiger partial charge >= 0.3 is 0 Å². The lowest BCUT2D eigenvalue weighted by Crippen LogP contribution is -2.40. The number of fused-ring (bicyclic) bond motifs is 1. The van der Waals surface area contributed by atoms with Crippen LogP contribution in [0.5, 0.6) is 0 Å². The van der Waals surface area contributed by atoms with Crippen LogP contribution in [0.4, 0.5) is 10.1 Å². The Morgan fingerprint density at radius 3 is 2.37 bits per heavy atom. The number of benzene rings is 3. The number of hydrogen-bond acceptors (Lipinski definition) is 2. The molecule has 0 radical (unpaired) electrons. The highest BCUT2D eigenvalue weighted by Crippen LogP contribution is 2.46. The summed E-state index contributed by atoms with van der Waals surface area (Å²) in [6.45, 7) is 2.16. The molecule has 4 rings (SSSR count). The average molecular weight is 382 g/mol. The molecule has 0 aromatic heterocycles. The molecule has 136 valence electrons. The van der Waals surface area contributed by atoms with Gasteiger partial charge < -0.3 is 10.0 Å². The lowest BCUT2D eigenvalue weighted by Gasteiger charge is -2.24. The minimum absolute atomic E-state index is 0.224. The van der Waals surface area contributed by atoms with E-state index in [2.05, 4.69) is 0 Å². The first-order chi connectivity index (χ1) is 12.9. The molecular weight excluding hydrogens is 365 g/mol. The van der Waals surface area contributed by atoms with Crippen LogP contribution in [0.3, 0.4) is 0 Å². The van der Waals surface area contributed by atoms with Crippen molar-refractivity contribution in [3.8, 4) is 0 Å². The first kappa shape index (κ1) is 17.7. The number of anilines is 1. The fourth-order valence-electron chi connectivity index (χ4n) is 3.46. The third-order valence-corrected chi connectivity index (χ3v) is 5.15. The predicted molar refractivity (Wildman–Crippen MR) is 103 cm³/mol. The standard InChI is InChI=1S/C22H17ClFNO2/c1-14-2-6-16(7-3-14)22(27)19-12-17(23)8-11-20(19)25(21(22)26)13-15-4-9-18(24)10-5-15/h2-12,27H,13H2,1H3/t22-/m1/s1. The van der Waals surface area contributed by atoms with Crippen molar-refractivity contribution >= 4 is 23.2 Å². The molecule has 3 aromatic rings. The number of hydrogen-bond donors (Lipinski definition) is 1. The molecule has 0 saturated carbocycles. The minimum atomic E-state index is -1.81. The van der Waals surface area contributed by atoms with Gasteiger partial charge in [0, 0.05) is 10.6 Å². The Hall–Kier alpha value is -2.69. The maximum Gasteiger partial charge on any atom is 0.268 e. The van der Waals surface area contributed by atoms with Crippen molar-refractivity contribution in [2.24, 2.45) is 0 Å². The van der Waals surface area contributed by atoms with Crippen LogP contribution in [0.15, 0.2) is 66.7 Å². The number of carbonyl (C=O) groups is 1. The second-order valence-electron chi connectivity index (χ2n) is 6.76. The van der Waals surface area contributed by atoms with Crippen LogP contribution < -0.4 is 4.90 Å². The summed E-state index contributed by atoms with van der Waals surface area (Å²) in [5, 5.41) is 11.9. The third kappa shape index (κ3) is 2.91. The molecule has 0 aliphatic carbocycles. The van der Waals surface area contributed by atoms with Crippen LogP contribution in [0.2, 0.25) is 5.02 Å². The molecule has 0 unspecified atom stereocenters. The van der Waals surface area contributed by atoms with E-state index in [1.807, 2.05) is 19.1 Å². The first-order valence-corrected chi connectivity index (χ1v) is 8.93. The SMILES string of the molecule is Cc1ccc([C@]2(O)C(=O)N(Cc3ccc(F)cc3)c3ccc(Cl)cc32)cc1. The van der Waals surface area contributed by atoms with Gasteiger partial charge in [-0.1, -0.05) is 53.6 Å².